The normalized spacial score (nSPS) is 10.7. The molecular formula is C11H11N5O3. The smallest absolute Gasteiger partial charge is 0.307 e. The predicted molar refractivity (Wildman–Crippen MR) is 67.7 cm³/mol. The Balaban J connectivity index is 2.07. The fraction of sp³-hybridized carbons (Fsp3) is 0.0909. The van der Waals surface area contributed by atoms with E-state index in [1.54, 1.807) is 18.2 Å². The van der Waals surface area contributed by atoms with Crippen LogP contribution in [-0.2, 0) is 6.73 Å². The van der Waals surface area contributed by atoms with E-state index < -0.39 is 4.92 Å². The van der Waals surface area contributed by atoms with Gasteiger partial charge >= 0.3 is 5.69 Å². The maximum absolute atomic E-state index is 10.5. The molecule has 0 saturated heterocycles. The van der Waals surface area contributed by atoms with E-state index in [4.69, 9.17) is 10.6 Å². The van der Waals surface area contributed by atoms with Crippen LogP contribution in [0.15, 0.2) is 41.8 Å². The summed E-state index contributed by atoms with van der Waals surface area (Å²) in [5.41, 5.74) is 0.632. The lowest BCUT2D eigenvalue weighted by atomic mass is 10.2. The zero-order valence-corrected chi connectivity index (χ0v) is 9.84. The van der Waals surface area contributed by atoms with Crippen LogP contribution < -0.4 is 10.6 Å². The number of ether oxygens (including phenoxy) is 1. The van der Waals surface area contributed by atoms with Crippen LogP contribution in [0.5, 0.6) is 5.75 Å². The van der Waals surface area contributed by atoms with E-state index >= 15 is 0 Å². The summed E-state index contributed by atoms with van der Waals surface area (Å²) < 4.78 is 6.83. The quantitative estimate of drug-likeness (QED) is 0.375. The van der Waals surface area contributed by atoms with Gasteiger partial charge in [-0.3, -0.25) is 10.1 Å². The van der Waals surface area contributed by atoms with Crippen LogP contribution in [0.4, 0.5) is 5.69 Å². The summed E-state index contributed by atoms with van der Waals surface area (Å²) in [6, 6.07) is 7.16. The molecule has 0 amide bonds. The lowest BCUT2D eigenvalue weighted by Gasteiger charge is -2.08. The molecule has 0 atom stereocenters. The van der Waals surface area contributed by atoms with Gasteiger partial charge in [-0.1, -0.05) is 12.1 Å². The summed E-state index contributed by atoms with van der Waals surface area (Å²) in [7, 11) is 0. The Morgan fingerprint density at radius 3 is 3.00 bits per heavy atom. The summed E-state index contributed by atoms with van der Waals surface area (Å²) in [6.07, 6.45) is 3.91. The third kappa shape index (κ3) is 3.06. The second-order valence-corrected chi connectivity index (χ2v) is 3.58. The van der Waals surface area contributed by atoms with Gasteiger partial charge in [0.2, 0.25) is 0 Å². The van der Waals surface area contributed by atoms with Crippen LogP contribution in [-0.4, -0.2) is 20.9 Å². The van der Waals surface area contributed by atoms with Crippen molar-refractivity contribution in [3.63, 3.8) is 0 Å². The molecule has 2 aromatic rings. The van der Waals surface area contributed by atoms with Crippen molar-refractivity contribution in [2.24, 2.45) is 10.9 Å². The lowest BCUT2D eigenvalue weighted by Crippen LogP contribution is -2.06. The van der Waals surface area contributed by atoms with Gasteiger partial charge in [-0.2, -0.15) is 10.2 Å². The highest BCUT2D eigenvalue weighted by molar-refractivity contribution is 5.83. The molecule has 0 aliphatic carbocycles. The third-order valence-electron chi connectivity index (χ3n) is 2.32. The number of rotatable bonds is 5. The van der Waals surface area contributed by atoms with Gasteiger partial charge in [0.25, 0.3) is 0 Å². The van der Waals surface area contributed by atoms with Gasteiger partial charge in [0.05, 0.1) is 11.1 Å². The molecule has 2 N–H and O–H groups in total. The van der Waals surface area contributed by atoms with E-state index in [0.717, 1.165) is 6.20 Å². The van der Waals surface area contributed by atoms with Crippen molar-refractivity contribution in [2.75, 3.05) is 0 Å². The van der Waals surface area contributed by atoms with Gasteiger partial charge in [0, 0.05) is 5.56 Å². The average Bonchev–Trinajstić information content (AvgIpc) is 2.87. The molecule has 2 rings (SSSR count). The van der Waals surface area contributed by atoms with E-state index in [1.807, 2.05) is 6.07 Å². The van der Waals surface area contributed by atoms with Crippen LogP contribution in [0.3, 0.4) is 0 Å². The molecule has 0 saturated carbocycles. The van der Waals surface area contributed by atoms with Crippen LogP contribution in [0.2, 0.25) is 0 Å². The maximum atomic E-state index is 10.5. The summed E-state index contributed by atoms with van der Waals surface area (Å²) in [6.45, 7) is 0.0588. The van der Waals surface area contributed by atoms with Crippen LogP contribution in [0.25, 0.3) is 0 Å². The first-order chi connectivity index (χ1) is 9.20. The minimum atomic E-state index is -0.515. The Morgan fingerprint density at radius 2 is 2.32 bits per heavy atom. The molecule has 1 aromatic heterocycles. The second kappa shape index (κ2) is 5.63. The molecule has 0 fully saturated rings. The Kier molecular flexibility index (Phi) is 3.72. The molecule has 1 heterocycles. The molecule has 8 nitrogen and oxygen atoms in total. The minimum Gasteiger partial charge on any atom is -0.471 e. The Morgan fingerprint density at radius 1 is 1.53 bits per heavy atom. The van der Waals surface area contributed by atoms with Crippen molar-refractivity contribution in [3.05, 3.63) is 52.3 Å². The maximum Gasteiger partial charge on any atom is 0.307 e. The molecule has 1 aromatic carbocycles. The highest BCUT2D eigenvalue weighted by Gasteiger charge is 2.09. The zero-order valence-electron chi connectivity index (χ0n) is 9.84. The van der Waals surface area contributed by atoms with Crippen LogP contribution in [0.1, 0.15) is 5.56 Å². The van der Waals surface area contributed by atoms with Crippen molar-refractivity contribution in [3.8, 4) is 5.75 Å². The van der Waals surface area contributed by atoms with E-state index in [1.165, 1.54) is 17.1 Å². The van der Waals surface area contributed by atoms with Crippen molar-refractivity contribution in [1.29, 1.82) is 0 Å². The fourth-order valence-electron chi connectivity index (χ4n) is 1.45. The van der Waals surface area contributed by atoms with Crippen molar-refractivity contribution in [1.82, 2.24) is 9.78 Å². The SMILES string of the molecule is NN=Cc1ccccc1OCn1cc([N+](=O)[O-])cn1. The number of hydrogen-bond acceptors (Lipinski definition) is 6. The van der Waals surface area contributed by atoms with Gasteiger partial charge in [0.1, 0.15) is 18.1 Å². The fourth-order valence-corrected chi connectivity index (χ4v) is 1.45. The molecule has 0 aliphatic heterocycles. The van der Waals surface area contributed by atoms with E-state index in [0.29, 0.717) is 11.3 Å². The molecule has 0 spiro atoms. The number of hydrogen-bond donors (Lipinski definition) is 1. The van der Waals surface area contributed by atoms with E-state index in [2.05, 4.69) is 10.2 Å². The molecule has 98 valence electrons. The molecule has 0 unspecified atom stereocenters. The number of aromatic nitrogens is 2. The highest BCUT2D eigenvalue weighted by atomic mass is 16.6. The van der Waals surface area contributed by atoms with Crippen molar-refractivity contribution in [2.45, 2.75) is 6.73 Å². The zero-order chi connectivity index (χ0) is 13.7. The summed E-state index contributed by atoms with van der Waals surface area (Å²) in [4.78, 5) is 9.99. The van der Waals surface area contributed by atoms with Crippen molar-refractivity contribution >= 4 is 11.9 Å². The van der Waals surface area contributed by atoms with Gasteiger partial charge in [-0.05, 0) is 12.1 Å². The molecule has 19 heavy (non-hydrogen) atoms. The number of benzene rings is 1. The first kappa shape index (κ1) is 12.6. The Bertz CT molecular complexity index is 608. The number of nitrogens with two attached hydrogens (primary N) is 1. The molecule has 8 heteroatoms. The molecular weight excluding hydrogens is 250 g/mol. The monoisotopic (exact) mass is 261 g/mol. The molecule has 0 radical (unpaired) electrons. The molecule has 0 aliphatic rings. The molecule has 0 bridgehead atoms. The van der Waals surface area contributed by atoms with Gasteiger partial charge < -0.3 is 10.6 Å². The third-order valence-corrected chi connectivity index (χ3v) is 2.32. The average molecular weight is 261 g/mol. The first-order valence-corrected chi connectivity index (χ1v) is 5.32. The van der Waals surface area contributed by atoms with Gasteiger partial charge in [-0.15, -0.1) is 0 Å². The van der Waals surface area contributed by atoms with Crippen molar-refractivity contribution < 1.29 is 9.66 Å². The van der Waals surface area contributed by atoms with Gasteiger partial charge in [0.15, 0.2) is 6.73 Å². The van der Waals surface area contributed by atoms with E-state index in [-0.39, 0.29) is 12.4 Å². The van der Waals surface area contributed by atoms with Crippen LogP contribution in [0, 0.1) is 10.1 Å². The van der Waals surface area contributed by atoms with E-state index in [9.17, 15) is 10.1 Å². The summed E-state index contributed by atoms with van der Waals surface area (Å²) >= 11 is 0. The number of nitrogens with zero attached hydrogens (tertiary/aromatic N) is 4. The van der Waals surface area contributed by atoms with Crippen LogP contribution >= 0.6 is 0 Å². The highest BCUT2D eigenvalue weighted by Crippen LogP contribution is 2.16. The van der Waals surface area contributed by atoms with Gasteiger partial charge in [-0.25, -0.2) is 4.68 Å². The Hall–Kier alpha value is -2.90. The minimum absolute atomic E-state index is 0.0588. The summed E-state index contributed by atoms with van der Waals surface area (Å²) in [5.74, 6) is 5.66. The largest absolute Gasteiger partial charge is 0.471 e. The number of para-hydroxylation sites is 1. The topological polar surface area (TPSA) is 109 Å². The predicted octanol–water partition coefficient (Wildman–Crippen LogP) is 1.12. The Labute approximate surface area is 108 Å². The summed E-state index contributed by atoms with van der Waals surface area (Å²) in [5, 5.41) is 17.8. The second-order valence-electron chi connectivity index (χ2n) is 3.58. The number of nitro groups is 1. The first-order valence-electron chi connectivity index (χ1n) is 5.32. The standard InChI is InChI=1S/C11H11N5O3/c12-13-5-9-3-1-2-4-11(9)19-8-15-7-10(6-14-15)16(17)18/h1-7H,8,12H2. The number of hydrazone groups is 1. The lowest BCUT2D eigenvalue weighted by molar-refractivity contribution is -0.385.